The zero-order chi connectivity index (χ0) is 10.9. The Morgan fingerprint density at radius 3 is 2.87 bits per heavy atom. The lowest BCUT2D eigenvalue weighted by Gasteiger charge is -2.40. The van der Waals surface area contributed by atoms with E-state index in [1.165, 1.54) is 0 Å². The van der Waals surface area contributed by atoms with Crippen molar-refractivity contribution >= 4 is 17.5 Å². The van der Waals surface area contributed by atoms with Gasteiger partial charge >= 0.3 is 0 Å². The molecule has 0 bridgehead atoms. The molecule has 1 saturated carbocycles. The molecular formula is C10H14ClN3O. The van der Waals surface area contributed by atoms with E-state index < -0.39 is 0 Å². The molecule has 0 unspecified atom stereocenters. The minimum absolute atomic E-state index is 0.0876. The van der Waals surface area contributed by atoms with Crippen molar-refractivity contribution in [1.82, 2.24) is 15.1 Å². The van der Waals surface area contributed by atoms with Gasteiger partial charge in [-0.2, -0.15) is 5.10 Å². The van der Waals surface area contributed by atoms with E-state index in [4.69, 9.17) is 11.6 Å². The van der Waals surface area contributed by atoms with Crippen LogP contribution in [0.2, 0.25) is 0 Å². The molecule has 15 heavy (non-hydrogen) atoms. The van der Waals surface area contributed by atoms with E-state index >= 15 is 0 Å². The number of aryl methyl sites for hydroxylation is 1. The van der Waals surface area contributed by atoms with Gasteiger partial charge in [0.25, 0.3) is 5.91 Å². The molecular weight excluding hydrogens is 214 g/mol. The molecule has 4 nitrogen and oxygen atoms in total. The fourth-order valence-corrected chi connectivity index (χ4v) is 2.13. The van der Waals surface area contributed by atoms with Crippen LogP contribution < -0.4 is 5.32 Å². The number of carbonyl (C=O) groups is 1. The maximum Gasteiger partial charge on any atom is 0.270 e. The van der Waals surface area contributed by atoms with Crippen LogP contribution in [0, 0.1) is 0 Å². The number of halogens is 1. The Bertz CT molecular complexity index is 365. The molecule has 1 aromatic heterocycles. The highest BCUT2D eigenvalue weighted by Gasteiger charge is 2.38. The summed E-state index contributed by atoms with van der Waals surface area (Å²) in [4.78, 5) is 11.9. The lowest BCUT2D eigenvalue weighted by molar-refractivity contribution is 0.0844. The third-order valence-electron chi connectivity index (χ3n) is 3.00. The van der Waals surface area contributed by atoms with Gasteiger partial charge in [-0.3, -0.25) is 9.48 Å². The summed E-state index contributed by atoms with van der Waals surface area (Å²) in [7, 11) is 1.75. The van der Waals surface area contributed by atoms with Crippen molar-refractivity contribution in [3.05, 3.63) is 18.0 Å². The Morgan fingerprint density at radius 1 is 1.73 bits per heavy atom. The molecule has 0 spiro atoms. The largest absolute Gasteiger partial charge is 0.344 e. The number of nitrogens with one attached hydrogen (secondary N) is 1. The second-order valence-electron chi connectivity index (χ2n) is 4.06. The molecule has 0 aliphatic heterocycles. The minimum Gasteiger partial charge on any atom is -0.344 e. The summed E-state index contributed by atoms with van der Waals surface area (Å²) in [6, 6.07) is 1.70. The quantitative estimate of drug-likeness (QED) is 0.792. The first kappa shape index (κ1) is 10.5. The Balaban J connectivity index is 2.07. The molecule has 1 fully saturated rings. The average Bonchev–Trinajstić information content (AvgIpc) is 2.58. The third-order valence-corrected chi connectivity index (χ3v) is 3.51. The van der Waals surface area contributed by atoms with Crippen LogP contribution in [0.25, 0.3) is 0 Å². The van der Waals surface area contributed by atoms with Gasteiger partial charge in [-0.1, -0.05) is 0 Å². The SMILES string of the molecule is Cn1nccc1C(=O)NC1(CCl)CCC1. The van der Waals surface area contributed by atoms with Crippen molar-refractivity contribution in [3.63, 3.8) is 0 Å². The van der Waals surface area contributed by atoms with E-state index in [-0.39, 0.29) is 11.4 Å². The Kier molecular flexibility index (Phi) is 2.69. The summed E-state index contributed by atoms with van der Waals surface area (Å²) in [6.07, 6.45) is 4.70. The molecule has 0 atom stereocenters. The number of carbonyl (C=O) groups excluding carboxylic acids is 1. The second kappa shape index (κ2) is 3.85. The summed E-state index contributed by atoms with van der Waals surface area (Å²) in [5, 5.41) is 6.95. The van der Waals surface area contributed by atoms with Gasteiger partial charge in [0, 0.05) is 19.1 Å². The smallest absolute Gasteiger partial charge is 0.270 e. The first-order chi connectivity index (χ1) is 7.17. The minimum atomic E-state index is -0.178. The molecule has 0 radical (unpaired) electrons. The fourth-order valence-electron chi connectivity index (χ4n) is 1.80. The lowest BCUT2D eigenvalue weighted by atomic mass is 9.78. The number of amides is 1. The van der Waals surface area contributed by atoms with Gasteiger partial charge in [0.05, 0.1) is 5.54 Å². The number of rotatable bonds is 3. The standard InChI is InChI=1S/C10H14ClN3O/c1-14-8(3-6-12-14)9(15)13-10(7-11)4-2-5-10/h3,6H,2,4-5,7H2,1H3,(H,13,15). The topological polar surface area (TPSA) is 46.9 Å². The molecule has 1 heterocycles. The summed E-state index contributed by atoms with van der Waals surface area (Å²) in [6.45, 7) is 0. The van der Waals surface area contributed by atoms with Crippen LogP contribution in [0.3, 0.4) is 0 Å². The zero-order valence-corrected chi connectivity index (χ0v) is 9.42. The maximum absolute atomic E-state index is 11.9. The van der Waals surface area contributed by atoms with E-state index in [1.54, 1.807) is 24.0 Å². The summed E-state index contributed by atoms with van der Waals surface area (Å²) >= 11 is 5.87. The molecule has 1 amide bonds. The average molecular weight is 228 g/mol. The molecule has 2 rings (SSSR count). The first-order valence-electron chi connectivity index (χ1n) is 5.03. The highest BCUT2D eigenvalue weighted by Crippen LogP contribution is 2.33. The van der Waals surface area contributed by atoms with E-state index in [2.05, 4.69) is 10.4 Å². The highest BCUT2D eigenvalue weighted by molar-refractivity contribution is 6.19. The molecule has 1 aliphatic carbocycles. The summed E-state index contributed by atoms with van der Waals surface area (Å²) in [5.74, 6) is 0.395. The monoisotopic (exact) mass is 227 g/mol. The fraction of sp³-hybridized carbons (Fsp3) is 0.600. The van der Waals surface area contributed by atoms with Gasteiger partial charge < -0.3 is 5.32 Å². The van der Waals surface area contributed by atoms with E-state index in [0.717, 1.165) is 19.3 Å². The Hall–Kier alpha value is -1.03. The Labute approximate surface area is 93.6 Å². The van der Waals surface area contributed by atoms with Crippen molar-refractivity contribution in [2.24, 2.45) is 7.05 Å². The van der Waals surface area contributed by atoms with Gasteiger partial charge in [0.2, 0.25) is 0 Å². The van der Waals surface area contributed by atoms with Crippen molar-refractivity contribution in [1.29, 1.82) is 0 Å². The van der Waals surface area contributed by atoms with E-state index in [9.17, 15) is 4.79 Å². The van der Waals surface area contributed by atoms with Crippen LogP contribution >= 0.6 is 11.6 Å². The summed E-state index contributed by atoms with van der Waals surface area (Å²) < 4.78 is 1.57. The molecule has 82 valence electrons. The predicted molar refractivity (Wildman–Crippen MR) is 58.0 cm³/mol. The van der Waals surface area contributed by atoms with Crippen LogP contribution in [-0.2, 0) is 7.05 Å². The molecule has 1 N–H and O–H groups in total. The van der Waals surface area contributed by atoms with Gasteiger partial charge in [0.1, 0.15) is 5.69 Å². The lowest BCUT2D eigenvalue weighted by Crippen LogP contribution is -2.55. The number of aromatic nitrogens is 2. The van der Waals surface area contributed by atoms with Crippen LogP contribution in [0.4, 0.5) is 0 Å². The number of hydrogen-bond acceptors (Lipinski definition) is 2. The summed E-state index contributed by atoms with van der Waals surface area (Å²) in [5.41, 5.74) is 0.398. The van der Waals surface area contributed by atoms with Crippen LogP contribution in [0.5, 0.6) is 0 Å². The first-order valence-corrected chi connectivity index (χ1v) is 5.57. The van der Waals surface area contributed by atoms with E-state index in [1.807, 2.05) is 0 Å². The van der Waals surface area contributed by atoms with Crippen LogP contribution in [0.1, 0.15) is 29.8 Å². The molecule has 1 aliphatic rings. The van der Waals surface area contributed by atoms with Crippen molar-refractivity contribution in [2.75, 3.05) is 5.88 Å². The molecule has 1 aromatic rings. The number of nitrogens with zero attached hydrogens (tertiary/aromatic N) is 2. The number of hydrogen-bond donors (Lipinski definition) is 1. The normalized spacial score (nSPS) is 18.3. The molecule has 5 heteroatoms. The third kappa shape index (κ3) is 1.86. The van der Waals surface area contributed by atoms with Gasteiger partial charge in [-0.25, -0.2) is 0 Å². The van der Waals surface area contributed by atoms with Gasteiger partial charge in [-0.15, -0.1) is 11.6 Å². The highest BCUT2D eigenvalue weighted by atomic mass is 35.5. The van der Waals surface area contributed by atoms with Crippen molar-refractivity contribution in [3.8, 4) is 0 Å². The van der Waals surface area contributed by atoms with Crippen LogP contribution in [-0.4, -0.2) is 27.1 Å². The van der Waals surface area contributed by atoms with Crippen molar-refractivity contribution in [2.45, 2.75) is 24.8 Å². The van der Waals surface area contributed by atoms with Crippen molar-refractivity contribution < 1.29 is 4.79 Å². The second-order valence-corrected chi connectivity index (χ2v) is 4.33. The van der Waals surface area contributed by atoms with E-state index in [0.29, 0.717) is 11.6 Å². The zero-order valence-electron chi connectivity index (χ0n) is 8.66. The molecule has 0 saturated heterocycles. The van der Waals surface area contributed by atoms with Gasteiger partial charge in [0.15, 0.2) is 0 Å². The Morgan fingerprint density at radius 2 is 2.47 bits per heavy atom. The van der Waals surface area contributed by atoms with Gasteiger partial charge in [-0.05, 0) is 25.3 Å². The predicted octanol–water partition coefficient (Wildman–Crippen LogP) is 1.31. The molecule has 0 aromatic carbocycles. The maximum atomic E-state index is 11.9. The van der Waals surface area contributed by atoms with Crippen LogP contribution in [0.15, 0.2) is 12.3 Å². The number of alkyl halides is 1.